The number of rotatable bonds is 3. The summed E-state index contributed by atoms with van der Waals surface area (Å²) in [4.78, 5) is 4.42. The van der Waals surface area contributed by atoms with Crippen LogP contribution in [0.3, 0.4) is 0 Å². The minimum Gasteiger partial charge on any atom is -0.398 e. The van der Waals surface area contributed by atoms with Crippen LogP contribution < -0.4 is 5.73 Å². The molecule has 2 rings (SSSR count). The van der Waals surface area contributed by atoms with Crippen LogP contribution in [-0.2, 0) is 12.8 Å². The van der Waals surface area contributed by atoms with Gasteiger partial charge in [0.15, 0.2) is 0 Å². The Hall–Kier alpha value is -1.54. The number of hydrogen-bond donors (Lipinski definition) is 1. The van der Waals surface area contributed by atoms with E-state index in [4.69, 9.17) is 17.3 Å². The van der Waals surface area contributed by atoms with Crippen molar-refractivity contribution in [3.63, 3.8) is 0 Å². The van der Waals surface area contributed by atoms with Gasteiger partial charge in [-0.3, -0.25) is 4.98 Å². The van der Waals surface area contributed by atoms with Crippen molar-refractivity contribution in [2.45, 2.75) is 19.8 Å². The van der Waals surface area contributed by atoms with Gasteiger partial charge in [-0.2, -0.15) is 0 Å². The summed E-state index contributed by atoms with van der Waals surface area (Å²) in [5.74, 6) is 0. The van der Waals surface area contributed by atoms with E-state index >= 15 is 0 Å². The molecule has 0 spiro atoms. The van der Waals surface area contributed by atoms with Crippen LogP contribution in [0.15, 0.2) is 36.5 Å². The van der Waals surface area contributed by atoms with Crippen LogP contribution in [0.25, 0.3) is 0 Å². The van der Waals surface area contributed by atoms with E-state index in [1.807, 2.05) is 24.4 Å². The van der Waals surface area contributed by atoms with Gasteiger partial charge in [0.25, 0.3) is 0 Å². The van der Waals surface area contributed by atoms with E-state index in [1.165, 1.54) is 5.56 Å². The predicted octanol–water partition coefficient (Wildman–Crippen LogP) is 3.47. The predicted molar refractivity (Wildman–Crippen MR) is 72.3 cm³/mol. The summed E-state index contributed by atoms with van der Waals surface area (Å²) in [5.41, 5.74) is 9.82. The normalized spacial score (nSPS) is 10.5. The Balaban J connectivity index is 2.16. The minimum atomic E-state index is 0.600. The van der Waals surface area contributed by atoms with Gasteiger partial charge < -0.3 is 5.73 Å². The molecule has 2 nitrogen and oxygen atoms in total. The van der Waals surface area contributed by atoms with E-state index in [2.05, 4.69) is 24.0 Å². The van der Waals surface area contributed by atoms with Gasteiger partial charge in [-0.15, -0.1) is 0 Å². The number of aryl methyl sites for hydroxylation is 1. The molecule has 2 N–H and O–H groups in total. The van der Waals surface area contributed by atoms with E-state index < -0.39 is 0 Å². The molecule has 0 saturated carbocycles. The molecule has 0 aliphatic heterocycles. The van der Waals surface area contributed by atoms with Crippen LogP contribution in [-0.4, -0.2) is 4.98 Å². The Morgan fingerprint density at radius 3 is 2.53 bits per heavy atom. The van der Waals surface area contributed by atoms with Gasteiger partial charge in [0.2, 0.25) is 0 Å². The first kappa shape index (κ1) is 11.9. The van der Waals surface area contributed by atoms with Gasteiger partial charge in [-0.05, 0) is 35.7 Å². The molecular weight excluding hydrogens is 232 g/mol. The minimum absolute atomic E-state index is 0.600. The number of anilines is 1. The first-order valence-electron chi connectivity index (χ1n) is 5.66. The Morgan fingerprint density at radius 1 is 1.18 bits per heavy atom. The maximum absolute atomic E-state index is 5.88. The molecule has 88 valence electrons. The molecule has 0 bridgehead atoms. The first-order valence-corrected chi connectivity index (χ1v) is 6.04. The van der Waals surface area contributed by atoms with E-state index in [1.54, 1.807) is 0 Å². The van der Waals surface area contributed by atoms with Gasteiger partial charge in [-0.25, -0.2) is 0 Å². The molecule has 0 radical (unpaired) electrons. The summed E-state index contributed by atoms with van der Waals surface area (Å²) in [5, 5.41) is 0.600. The number of benzene rings is 1. The fraction of sp³-hybridized carbons (Fsp3) is 0.214. The van der Waals surface area contributed by atoms with Crippen LogP contribution >= 0.6 is 11.6 Å². The van der Waals surface area contributed by atoms with Crippen molar-refractivity contribution in [1.29, 1.82) is 0 Å². The summed E-state index contributed by atoms with van der Waals surface area (Å²) >= 11 is 5.88. The highest BCUT2D eigenvalue weighted by Gasteiger charge is 2.01. The number of hydrogen-bond acceptors (Lipinski definition) is 2. The van der Waals surface area contributed by atoms with Crippen molar-refractivity contribution in [1.82, 2.24) is 4.98 Å². The fourth-order valence-corrected chi connectivity index (χ4v) is 1.80. The summed E-state index contributed by atoms with van der Waals surface area (Å²) in [6.45, 7) is 2.12. The number of nitrogens with two attached hydrogens (primary N) is 1. The number of nitrogens with zero attached hydrogens (tertiary/aromatic N) is 1. The van der Waals surface area contributed by atoms with Gasteiger partial charge in [0.1, 0.15) is 0 Å². The Morgan fingerprint density at radius 2 is 1.94 bits per heavy atom. The average Bonchev–Trinajstić information content (AvgIpc) is 2.35. The highest BCUT2D eigenvalue weighted by atomic mass is 35.5. The lowest BCUT2D eigenvalue weighted by molar-refractivity contribution is 1.03. The van der Waals surface area contributed by atoms with Crippen LogP contribution in [0.4, 0.5) is 5.69 Å². The molecule has 0 aliphatic carbocycles. The van der Waals surface area contributed by atoms with Gasteiger partial charge in [0.05, 0.1) is 10.7 Å². The second-order valence-corrected chi connectivity index (χ2v) is 4.45. The fourth-order valence-electron chi connectivity index (χ4n) is 1.68. The van der Waals surface area contributed by atoms with Crippen molar-refractivity contribution in [3.05, 3.63) is 58.4 Å². The lowest BCUT2D eigenvalue weighted by atomic mass is 10.1. The molecule has 0 atom stereocenters. The quantitative estimate of drug-likeness (QED) is 0.843. The molecule has 2 aromatic rings. The monoisotopic (exact) mass is 246 g/mol. The highest BCUT2D eigenvalue weighted by molar-refractivity contribution is 6.33. The number of nitrogen functional groups attached to an aromatic ring is 1. The van der Waals surface area contributed by atoms with Crippen molar-refractivity contribution in [2.24, 2.45) is 0 Å². The van der Waals surface area contributed by atoms with Crippen molar-refractivity contribution in [2.75, 3.05) is 5.73 Å². The second-order valence-electron chi connectivity index (χ2n) is 4.04. The summed E-state index contributed by atoms with van der Waals surface area (Å²) < 4.78 is 0. The smallest absolute Gasteiger partial charge is 0.0635 e. The summed E-state index contributed by atoms with van der Waals surface area (Å²) in [7, 11) is 0. The molecule has 0 aliphatic rings. The number of pyridine rings is 1. The summed E-state index contributed by atoms with van der Waals surface area (Å²) in [6, 6.07) is 9.88. The Bertz CT molecular complexity index is 506. The Kier molecular flexibility index (Phi) is 3.64. The van der Waals surface area contributed by atoms with E-state index in [9.17, 15) is 0 Å². The molecule has 1 heterocycles. The molecule has 0 unspecified atom stereocenters. The molecule has 0 amide bonds. The standard InChI is InChI=1S/C14H15ClN2/c1-2-10-3-5-12(17-9-10)7-11-4-6-13(15)14(16)8-11/h3-6,8-9H,2,7,16H2,1H3. The third-order valence-electron chi connectivity index (χ3n) is 2.74. The van der Waals surface area contributed by atoms with Crippen LogP contribution in [0.2, 0.25) is 5.02 Å². The van der Waals surface area contributed by atoms with Crippen molar-refractivity contribution < 1.29 is 0 Å². The molecule has 1 aromatic carbocycles. The van der Waals surface area contributed by atoms with E-state index in [0.29, 0.717) is 10.7 Å². The molecular formula is C14H15ClN2. The molecule has 0 fully saturated rings. The zero-order chi connectivity index (χ0) is 12.3. The highest BCUT2D eigenvalue weighted by Crippen LogP contribution is 2.20. The zero-order valence-electron chi connectivity index (χ0n) is 9.78. The van der Waals surface area contributed by atoms with Crippen LogP contribution in [0.1, 0.15) is 23.7 Å². The number of aromatic nitrogens is 1. The van der Waals surface area contributed by atoms with E-state index in [0.717, 1.165) is 24.1 Å². The molecule has 17 heavy (non-hydrogen) atoms. The van der Waals surface area contributed by atoms with E-state index in [-0.39, 0.29) is 0 Å². The SMILES string of the molecule is CCc1ccc(Cc2ccc(Cl)c(N)c2)nc1. The molecule has 1 aromatic heterocycles. The average molecular weight is 247 g/mol. The van der Waals surface area contributed by atoms with Gasteiger partial charge in [-0.1, -0.05) is 30.7 Å². The number of halogens is 1. The zero-order valence-corrected chi connectivity index (χ0v) is 10.5. The lowest BCUT2D eigenvalue weighted by Crippen LogP contribution is -1.95. The van der Waals surface area contributed by atoms with Crippen LogP contribution in [0, 0.1) is 0 Å². The van der Waals surface area contributed by atoms with Gasteiger partial charge >= 0.3 is 0 Å². The molecule has 0 saturated heterocycles. The lowest BCUT2D eigenvalue weighted by Gasteiger charge is -2.04. The van der Waals surface area contributed by atoms with Gasteiger partial charge in [0, 0.05) is 18.3 Å². The summed E-state index contributed by atoms with van der Waals surface area (Å²) in [6.07, 6.45) is 3.72. The third kappa shape index (κ3) is 2.98. The second kappa shape index (κ2) is 5.19. The topological polar surface area (TPSA) is 38.9 Å². The molecule has 3 heteroatoms. The van der Waals surface area contributed by atoms with Crippen LogP contribution in [0.5, 0.6) is 0 Å². The largest absolute Gasteiger partial charge is 0.398 e. The third-order valence-corrected chi connectivity index (χ3v) is 3.08. The van der Waals surface area contributed by atoms with Crippen molar-refractivity contribution >= 4 is 17.3 Å². The maximum atomic E-state index is 5.88. The first-order chi connectivity index (χ1) is 8.19. The van der Waals surface area contributed by atoms with Crippen molar-refractivity contribution in [3.8, 4) is 0 Å². The maximum Gasteiger partial charge on any atom is 0.0635 e. The Labute approximate surface area is 106 Å².